The standard InChI is InChI=1S/C42H29N7/c43-42-35(39-21-7-19-37(47-39)30-13-9-23-45-27-30)24-31(38-20-6-18-36(46-38)29-12-8-22-44-26-29)25-41(42)49-48-40-17-4-3-15-34(40)33-16-5-11-28-10-1-2-14-32(28)33/h1-27,43,48H/b43-42?,49-41-. The van der Waals surface area contributed by atoms with Crippen molar-refractivity contribution in [1.29, 1.82) is 5.41 Å². The van der Waals surface area contributed by atoms with Crippen LogP contribution < -0.4 is 5.43 Å². The van der Waals surface area contributed by atoms with Gasteiger partial charge in [0.05, 0.1) is 34.2 Å². The Balaban J connectivity index is 1.22. The minimum Gasteiger partial charge on any atom is -0.298 e. The van der Waals surface area contributed by atoms with Crippen molar-refractivity contribution in [1.82, 2.24) is 19.9 Å². The number of para-hydroxylation sites is 1. The highest BCUT2D eigenvalue weighted by atomic mass is 15.3. The summed E-state index contributed by atoms with van der Waals surface area (Å²) in [7, 11) is 0. The number of fused-ring (bicyclic) bond motifs is 1. The molecule has 7 heteroatoms. The van der Waals surface area contributed by atoms with Crippen LogP contribution in [-0.4, -0.2) is 31.4 Å². The molecule has 0 amide bonds. The number of nitrogens with zero attached hydrogens (tertiary/aromatic N) is 5. The second kappa shape index (κ2) is 13.1. The van der Waals surface area contributed by atoms with Crippen LogP contribution in [0, 0.1) is 5.41 Å². The van der Waals surface area contributed by atoms with Gasteiger partial charge in [-0.15, -0.1) is 0 Å². The van der Waals surface area contributed by atoms with Crippen molar-refractivity contribution in [3.8, 4) is 33.6 Å². The summed E-state index contributed by atoms with van der Waals surface area (Å²) in [4.78, 5) is 18.5. The van der Waals surface area contributed by atoms with Gasteiger partial charge in [0, 0.05) is 52.6 Å². The maximum Gasteiger partial charge on any atom is 0.110 e. The van der Waals surface area contributed by atoms with Crippen molar-refractivity contribution in [2.45, 2.75) is 0 Å². The van der Waals surface area contributed by atoms with Crippen LogP contribution in [0.25, 0.3) is 55.6 Å². The predicted molar refractivity (Wildman–Crippen MR) is 199 cm³/mol. The van der Waals surface area contributed by atoms with Gasteiger partial charge in [-0.05, 0) is 83.1 Å². The molecule has 8 rings (SSSR count). The van der Waals surface area contributed by atoms with Crippen LogP contribution in [-0.2, 0) is 0 Å². The molecular formula is C42H29N7. The topological polar surface area (TPSA) is 99.8 Å². The maximum atomic E-state index is 9.37. The summed E-state index contributed by atoms with van der Waals surface area (Å²) in [5.74, 6) is 0. The minimum absolute atomic E-state index is 0.248. The number of allylic oxidation sites excluding steroid dienone is 4. The van der Waals surface area contributed by atoms with Gasteiger partial charge in [0.2, 0.25) is 0 Å². The van der Waals surface area contributed by atoms with E-state index in [4.69, 9.17) is 15.1 Å². The number of aromatic nitrogens is 4. The lowest BCUT2D eigenvalue weighted by molar-refractivity contribution is 1.25. The fourth-order valence-electron chi connectivity index (χ4n) is 5.99. The number of hydrogen-bond donors (Lipinski definition) is 2. The molecule has 0 aliphatic heterocycles. The molecule has 4 aromatic heterocycles. The van der Waals surface area contributed by atoms with Crippen molar-refractivity contribution < 1.29 is 0 Å². The fraction of sp³-hybridized carbons (Fsp3) is 0. The molecule has 7 nitrogen and oxygen atoms in total. The molecule has 0 spiro atoms. The SMILES string of the molecule is N=C1C(c2cccc(-c3cccnc3)n2)=CC(c2cccc(-c3cccnc3)n2)=C/C1=N/Nc1ccccc1-c1cccc2ccccc12. The van der Waals surface area contributed by atoms with Gasteiger partial charge >= 0.3 is 0 Å². The molecule has 49 heavy (non-hydrogen) atoms. The lowest BCUT2D eigenvalue weighted by Crippen LogP contribution is -2.19. The highest BCUT2D eigenvalue weighted by molar-refractivity contribution is 6.62. The first-order valence-electron chi connectivity index (χ1n) is 15.9. The van der Waals surface area contributed by atoms with Crippen LogP contribution in [0.1, 0.15) is 11.4 Å². The van der Waals surface area contributed by atoms with E-state index in [0.717, 1.165) is 56.0 Å². The largest absolute Gasteiger partial charge is 0.298 e. The summed E-state index contributed by atoms with van der Waals surface area (Å²) in [6, 6.07) is 42.3. The van der Waals surface area contributed by atoms with Crippen LogP contribution in [0.15, 0.2) is 169 Å². The number of nitrogens with one attached hydrogen (secondary N) is 2. The Morgan fingerprint density at radius 1 is 0.531 bits per heavy atom. The molecule has 4 heterocycles. The molecule has 0 radical (unpaired) electrons. The molecule has 2 N–H and O–H groups in total. The van der Waals surface area contributed by atoms with E-state index < -0.39 is 0 Å². The van der Waals surface area contributed by atoms with Crippen molar-refractivity contribution in [3.05, 3.63) is 176 Å². The summed E-state index contributed by atoms with van der Waals surface area (Å²) in [6.07, 6.45) is 10.9. The van der Waals surface area contributed by atoms with Crippen LogP contribution >= 0.6 is 0 Å². The highest BCUT2D eigenvalue weighted by Crippen LogP contribution is 2.34. The number of rotatable bonds is 7. The summed E-state index contributed by atoms with van der Waals surface area (Å²) in [5, 5.41) is 16.6. The lowest BCUT2D eigenvalue weighted by Gasteiger charge is -2.18. The zero-order chi connectivity index (χ0) is 33.0. The average molecular weight is 632 g/mol. The Bertz CT molecular complexity index is 2420. The van der Waals surface area contributed by atoms with Gasteiger partial charge in [-0.3, -0.25) is 20.8 Å². The van der Waals surface area contributed by atoms with E-state index in [-0.39, 0.29) is 5.71 Å². The molecule has 1 aliphatic rings. The number of hydrazone groups is 1. The Morgan fingerprint density at radius 3 is 1.90 bits per heavy atom. The van der Waals surface area contributed by atoms with Gasteiger partial charge in [0.1, 0.15) is 5.71 Å². The second-order valence-corrected chi connectivity index (χ2v) is 11.5. The number of anilines is 1. The number of benzene rings is 3. The van der Waals surface area contributed by atoms with Crippen LogP contribution in [0.2, 0.25) is 0 Å². The van der Waals surface area contributed by atoms with Gasteiger partial charge in [-0.2, -0.15) is 5.10 Å². The zero-order valence-corrected chi connectivity index (χ0v) is 26.3. The maximum absolute atomic E-state index is 9.37. The molecular weight excluding hydrogens is 603 g/mol. The Morgan fingerprint density at radius 2 is 1.14 bits per heavy atom. The summed E-state index contributed by atoms with van der Waals surface area (Å²) >= 11 is 0. The van der Waals surface area contributed by atoms with Crippen LogP contribution in [0.3, 0.4) is 0 Å². The van der Waals surface area contributed by atoms with Crippen molar-refractivity contribution in [2.24, 2.45) is 5.10 Å². The van der Waals surface area contributed by atoms with Crippen LogP contribution in [0.4, 0.5) is 5.69 Å². The summed E-state index contributed by atoms with van der Waals surface area (Å²) in [5.41, 5.74) is 13.2. The van der Waals surface area contributed by atoms with E-state index >= 15 is 0 Å². The quantitative estimate of drug-likeness (QED) is 0.135. The van der Waals surface area contributed by atoms with E-state index in [2.05, 4.69) is 63.9 Å². The molecule has 7 aromatic rings. The third kappa shape index (κ3) is 6.04. The smallest absolute Gasteiger partial charge is 0.110 e. The lowest BCUT2D eigenvalue weighted by atomic mass is 9.91. The van der Waals surface area contributed by atoms with Gasteiger partial charge in [-0.1, -0.05) is 72.8 Å². The molecule has 0 saturated carbocycles. The Hall–Kier alpha value is -6.86. The Kier molecular flexibility index (Phi) is 7.89. The fourth-order valence-corrected chi connectivity index (χ4v) is 5.99. The predicted octanol–water partition coefficient (Wildman–Crippen LogP) is 9.39. The first kappa shape index (κ1) is 29.5. The minimum atomic E-state index is 0.248. The average Bonchev–Trinajstić information content (AvgIpc) is 3.18. The third-order valence-corrected chi connectivity index (χ3v) is 8.41. The second-order valence-electron chi connectivity index (χ2n) is 11.5. The van der Waals surface area contributed by atoms with Crippen molar-refractivity contribution in [3.63, 3.8) is 0 Å². The molecule has 0 bridgehead atoms. The monoisotopic (exact) mass is 631 g/mol. The van der Waals surface area contributed by atoms with E-state index in [1.807, 2.05) is 91.0 Å². The van der Waals surface area contributed by atoms with Crippen molar-refractivity contribution in [2.75, 3.05) is 5.43 Å². The van der Waals surface area contributed by atoms with Gasteiger partial charge in [-0.25, -0.2) is 9.97 Å². The molecule has 0 unspecified atom stereocenters. The van der Waals surface area contributed by atoms with Gasteiger partial charge in [0.25, 0.3) is 0 Å². The zero-order valence-electron chi connectivity index (χ0n) is 26.3. The van der Waals surface area contributed by atoms with Gasteiger partial charge < -0.3 is 0 Å². The first-order chi connectivity index (χ1) is 24.2. The number of hydrogen-bond acceptors (Lipinski definition) is 7. The van der Waals surface area contributed by atoms with E-state index in [1.165, 1.54) is 5.39 Å². The molecule has 0 saturated heterocycles. The molecule has 0 fully saturated rings. The highest BCUT2D eigenvalue weighted by Gasteiger charge is 2.22. The van der Waals surface area contributed by atoms with E-state index in [9.17, 15) is 5.41 Å². The van der Waals surface area contributed by atoms with Gasteiger partial charge in [0.15, 0.2) is 0 Å². The van der Waals surface area contributed by atoms with E-state index in [0.29, 0.717) is 17.0 Å². The van der Waals surface area contributed by atoms with E-state index in [1.54, 1.807) is 24.8 Å². The Labute approximate surface area is 283 Å². The normalized spacial score (nSPS) is 13.6. The molecule has 0 atom stereocenters. The summed E-state index contributed by atoms with van der Waals surface area (Å²) in [6.45, 7) is 0. The number of pyridine rings is 4. The van der Waals surface area contributed by atoms with Crippen LogP contribution in [0.5, 0.6) is 0 Å². The summed E-state index contributed by atoms with van der Waals surface area (Å²) < 4.78 is 0. The third-order valence-electron chi connectivity index (χ3n) is 8.41. The molecule has 232 valence electrons. The first-order valence-corrected chi connectivity index (χ1v) is 15.9. The molecule has 1 aliphatic carbocycles. The van der Waals surface area contributed by atoms with Crippen molar-refractivity contribution >= 4 is 39.0 Å². The molecule has 3 aromatic carbocycles.